The number of benzene rings is 1. The van der Waals surface area contributed by atoms with Crippen molar-refractivity contribution in [3.05, 3.63) is 35.7 Å². The fourth-order valence-electron chi connectivity index (χ4n) is 1.62. The number of aryl methyl sites for hydroxylation is 1. The smallest absolute Gasteiger partial charge is 0.316 e. The number of hydrogen-bond donors (Lipinski definition) is 0. The molecule has 0 spiro atoms. The first-order valence-electron chi connectivity index (χ1n) is 6.87. The summed E-state index contributed by atoms with van der Waals surface area (Å²) in [5.74, 6) is 0.934. The van der Waals surface area contributed by atoms with Crippen LogP contribution in [0.1, 0.15) is 25.3 Å². The number of nitrogens with zero attached hydrogens (tertiary/aromatic N) is 2. The van der Waals surface area contributed by atoms with Crippen LogP contribution in [0.25, 0.3) is 0 Å². The Morgan fingerprint density at radius 3 is 2.91 bits per heavy atom. The van der Waals surface area contributed by atoms with Crippen molar-refractivity contribution in [2.24, 2.45) is 0 Å². The molecule has 2 rings (SSSR count). The van der Waals surface area contributed by atoms with Crippen molar-refractivity contribution < 1.29 is 18.7 Å². The predicted molar refractivity (Wildman–Crippen MR) is 81.8 cm³/mol. The van der Waals surface area contributed by atoms with Gasteiger partial charge in [-0.2, -0.15) is 0 Å². The van der Waals surface area contributed by atoms with E-state index in [0.29, 0.717) is 11.1 Å². The largest absolute Gasteiger partial charge is 0.484 e. The molecule has 7 heteroatoms. The van der Waals surface area contributed by atoms with Crippen LogP contribution in [-0.2, 0) is 16.1 Å². The van der Waals surface area contributed by atoms with Gasteiger partial charge in [0.2, 0.25) is 0 Å². The second-order valence-corrected chi connectivity index (χ2v) is 5.82. The van der Waals surface area contributed by atoms with Crippen LogP contribution in [0.5, 0.6) is 5.75 Å². The van der Waals surface area contributed by atoms with Crippen molar-refractivity contribution in [3.63, 3.8) is 0 Å². The number of carbonyl (C=O) groups is 1. The number of carbonyl (C=O) groups excluding carboxylic acids is 1. The van der Waals surface area contributed by atoms with Gasteiger partial charge < -0.3 is 13.9 Å². The molecule has 0 atom stereocenters. The Kier molecular flexibility index (Phi) is 5.83. The van der Waals surface area contributed by atoms with Gasteiger partial charge in [-0.15, -0.1) is 10.2 Å². The lowest BCUT2D eigenvalue weighted by Crippen LogP contribution is -2.13. The number of hydrogen-bond acceptors (Lipinski definition) is 7. The highest BCUT2D eigenvalue weighted by Gasteiger charge is 2.12. The van der Waals surface area contributed by atoms with E-state index in [1.54, 1.807) is 13.8 Å². The molecule has 118 valence electrons. The molecule has 0 aliphatic rings. The molecule has 1 heterocycles. The summed E-state index contributed by atoms with van der Waals surface area (Å²) < 4.78 is 16.0. The van der Waals surface area contributed by atoms with E-state index in [2.05, 4.69) is 10.2 Å². The Hall–Kier alpha value is -2.02. The molecule has 1 aromatic carbocycles. The molecule has 0 bridgehead atoms. The number of esters is 1. The molecule has 6 nitrogen and oxygen atoms in total. The second kappa shape index (κ2) is 7.84. The van der Waals surface area contributed by atoms with Gasteiger partial charge in [0.15, 0.2) is 6.61 Å². The van der Waals surface area contributed by atoms with Crippen molar-refractivity contribution in [1.82, 2.24) is 10.2 Å². The fraction of sp³-hybridized carbons (Fsp3) is 0.400. The van der Waals surface area contributed by atoms with E-state index >= 15 is 0 Å². The highest BCUT2D eigenvalue weighted by Crippen LogP contribution is 2.18. The van der Waals surface area contributed by atoms with Gasteiger partial charge in [-0.25, -0.2) is 0 Å². The summed E-state index contributed by atoms with van der Waals surface area (Å²) in [5.41, 5.74) is 1.11. The Morgan fingerprint density at radius 2 is 2.18 bits per heavy atom. The van der Waals surface area contributed by atoms with E-state index in [0.717, 1.165) is 23.1 Å². The van der Waals surface area contributed by atoms with Gasteiger partial charge in [0.1, 0.15) is 11.5 Å². The van der Waals surface area contributed by atoms with Crippen molar-refractivity contribution in [1.29, 1.82) is 0 Å². The molecule has 1 aromatic heterocycles. The third kappa shape index (κ3) is 5.40. The highest BCUT2D eigenvalue weighted by molar-refractivity contribution is 7.99. The first-order valence-corrected chi connectivity index (χ1v) is 7.85. The first kappa shape index (κ1) is 16.4. The van der Waals surface area contributed by atoms with Crippen molar-refractivity contribution in [2.45, 2.75) is 38.7 Å². The molecule has 22 heavy (non-hydrogen) atoms. The lowest BCUT2D eigenvalue weighted by Gasteiger charge is -2.05. The van der Waals surface area contributed by atoms with Gasteiger partial charge in [-0.05, 0) is 38.5 Å². The minimum absolute atomic E-state index is 0.130. The molecule has 0 amide bonds. The Morgan fingerprint density at radius 1 is 1.36 bits per heavy atom. The number of ether oxygens (including phenoxy) is 2. The zero-order chi connectivity index (χ0) is 15.9. The molecule has 0 N–H and O–H groups in total. The topological polar surface area (TPSA) is 74.5 Å². The summed E-state index contributed by atoms with van der Waals surface area (Å²) in [6.07, 6.45) is -0.130. The molecule has 0 saturated heterocycles. The van der Waals surface area contributed by atoms with Crippen LogP contribution in [0.2, 0.25) is 0 Å². The lowest BCUT2D eigenvalue weighted by molar-refractivity contribution is -0.144. The van der Waals surface area contributed by atoms with Gasteiger partial charge >= 0.3 is 5.97 Å². The maximum absolute atomic E-state index is 11.4. The van der Waals surface area contributed by atoms with Gasteiger partial charge in [-0.1, -0.05) is 23.9 Å². The lowest BCUT2D eigenvalue weighted by atomic mass is 10.2. The summed E-state index contributed by atoms with van der Waals surface area (Å²) in [7, 11) is 0. The molecule has 2 aromatic rings. The van der Waals surface area contributed by atoms with Crippen LogP contribution in [0.3, 0.4) is 0 Å². The Labute approximate surface area is 133 Å². The van der Waals surface area contributed by atoms with Crippen molar-refractivity contribution in [2.75, 3.05) is 5.75 Å². The molecule has 0 fully saturated rings. The summed E-state index contributed by atoms with van der Waals surface area (Å²) in [4.78, 5) is 11.4. The summed E-state index contributed by atoms with van der Waals surface area (Å²) in [5, 5.41) is 8.06. The number of thioether (sulfide) groups is 1. The summed E-state index contributed by atoms with van der Waals surface area (Å²) >= 11 is 1.15. The SMILES string of the molecule is Cc1cccc(OCc2nnc(SCC(=O)OC(C)C)o2)c1. The maximum Gasteiger partial charge on any atom is 0.316 e. The zero-order valence-electron chi connectivity index (χ0n) is 12.7. The molecule has 0 unspecified atom stereocenters. The van der Waals surface area contributed by atoms with Crippen molar-refractivity contribution in [3.8, 4) is 5.75 Å². The van der Waals surface area contributed by atoms with Gasteiger partial charge in [-0.3, -0.25) is 4.79 Å². The van der Waals surface area contributed by atoms with Gasteiger partial charge in [0.25, 0.3) is 11.1 Å². The van der Waals surface area contributed by atoms with E-state index in [9.17, 15) is 4.79 Å². The van der Waals surface area contributed by atoms with E-state index < -0.39 is 0 Å². The molecule has 0 aliphatic heterocycles. The summed E-state index contributed by atoms with van der Waals surface area (Å²) in [6.45, 7) is 5.78. The van der Waals surface area contributed by atoms with Crippen LogP contribution in [0.4, 0.5) is 0 Å². The van der Waals surface area contributed by atoms with Crippen LogP contribution >= 0.6 is 11.8 Å². The fourth-order valence-corrected chi connectivity index (χ4v) is 2.19. The predicted octanol–water partition coefficient (Wildman–Crippen LogP) is 3.00. The van der Waals surface area contributed by atoms with E-state index in [4.69, 9.17) is 13.9 Å². The Bertz CT molecular complexity index is 628. The summed E-state index contributed by atoms with van der Waals surface area (Å²) in [6, 6.07) is 7.69. The second-order valence-electron chi connectivity index (χ2n) is 4.89. The van der Waals surface area contributed by atoms with Crippen LogP contribution in [0, 0.1) is 6.92 Å². The minimum atomic E-state index is -0.309. The molecular formula is C15H18N2O4S. The Balaban J connectivity index is 1.80. The highest BCUT2D eigenvalue weighted by atomic mass is 32.2. The van der Waals surface area contributed by atoms with E-state index in [1.165, 1.54) is 0 Å². The third-order valence-electron chi connectivity index (χ3n) is 2.48. The standard InChI is InChI=1S/C15H18N2O4S/c1-10(2)20-14(18)9-22-15-17-16-13(21-15)8-19-12-6-4-5-11(3)7-12/h4-7,10H,8-9H2,1-3H3. The molecule has 0 aliphatic carbocycles. The quantitative estimate of drug-likeness (QED) is 0.573. The van der Waals surface area contributed by atoms with Gasteiger partial charge in [0.05, 0.1) is 6.10 Å². The van der Waals surface area contributed by atoms with Crippen molar-refractivity contribution >= 4 is 17.7 Å². The molecular weight excluding hydrogens is 304 g/mol. The normalized spacial score (nSPS) is 10.7. The zero-order valence-corrected chi connectivity index (χ0v) is 13.6. The average molecular weight is 322 g/mol. The van der Waals surface area contributed by atoms with E-state index in [1.807, 2.05) is 31.2 Å². The molecule has 0 radical (unpaired) electrons. The van der Waals surface area contributed by atoms with Crippen LogP contribution in [-0.4, -0.2) is 28.0 Å². The number of aromatic nitrogens is 2. The monoisotopic (exact) mass is 322 g/mol. The third-order valence-corrected chi connectivity index (χ3v) is 3.27. The minimum Gasteiger partial charge on any atom is -0.484 e. The first-order chi connectivity index (χ1) is 10.5. The average Bonchev–Trinajstić information content (AvgIpc) is 2.90. The number of rotatable bonds is 7. The maximum atomic E-state index is 11.4. The molecule has 0 saturated carbocycles. The van der Waals surface area contributed by atoms with Gasteiger partial charge in [0, 0.05) is 0 Å². The van der Waals surface area contributed by atoms with Crippen LogP contribution in [0.15, 0.2) is 33.9 Å². The van der Waals surface area contributed by atoms with E-state index in [-0.39, 0.29) is 24.4 Å². The van der Waals surface area contributed by atoms with Crippen LogP contribution < -0.4 is 4.74 Å².